The van der Waals surface area contributed by atoms with Crippen LogP contribution in [0.1, 0.15) is 6.92 Å². The zero-order chi connectivity index (χ0) is 12.8. The molecule has 2 amide bonds. The lowest BCUT2D eigenvalue weighted by Gasteiger charge is -2.07. The molecule has 0 aliphatic carbocycles. The number of halogens is 1. The third kappa shape index (κ3) is 5.09. The molecule has 0 aromatic heterocycles. The maximum Gasteiger partial charge on any atom is 0.332 e. The van der Waals surface area contributed by atoms with E-state index in [0.717, 1.165) is 9.26 Å². The van der Waals surface area contributed by atoms with Gasteiger partial charge >= 0.3 is 6.03 Å². The van der Waals surface area contributed by atoms with Crippen LogP contribution in [0.2, 0.25) is 0 Å². The minimum Gasteiger partial charge on any atom is -0.350 e. The maximum absolute atomic E-state index is 10.5. The van der Waals surface area contributed by atoms with E-state index in [1.165, 1.54) is 0 Å². The molecule has 0 fully saturated rings. The average molecular weight is 362 g/mol. The molecule has 0 bridgehead atoms. The van der Waals surface area contributed by atoms with E-state index in [2.05, 4.69) is 38.4 Å². The van der Waals surface area contributed by atoms with Crippen molar-refractivity contribution in [2.75, 3.05) is 5.32 Å². The molecule has 0 aliphatic rings. The van der Waals surface area contributed by atoms with Crippen molar-refractivity contribution in [2.24, 2.45) is 10.8 Å². The van der Waals surface area contributed by atoms with Gasteiger partial charge in [-0.3, -0.25) is 0 Å². The normalized spacial score (nSPS) is 10.8. The summed E-state index contributed by atoms with van der Waals surface area (Å²) in [6, 6.07) is 7.01. The number of hydrogen-bond donors (Lipinski definition) is 3. The summed E-state index contributed by atoms with van der Waals surface area (Å²) < 4.78 is 1.14. The van der Waals surface area contributed by atoms with Crippen LogP contribution in [0.4, 0.5) is 10.5 Å². The third-order valence-electron chi connectivity index (χ3n) is 1.76. The lowest BCUT2D eigenvalue weighted by Crippen LogP contribution is -2.28. The van der Waals surface area contributed by atoms with Gasteiger partial charge in [-0.05, 0) is 53.8 Å². The molecule has 1 aromatic rings. The highest BCUT2D eigenvalue weighted by atomic mass is 127. The molecule has 90 valence electrons. The highest BCUT2D eigenvalue weighted by molar-refractivity contribution is 14.1. The fraction of sp³-hybridized carbons (Fsp3) is 0.100. The van der Waals surface area contributed by atoms with Crippen LogP contribution in [0.15, 0.2) is 29.4 Å². The predicted octanol–water partition coefficient (Wildman–Crippen LogP) is 2.07. The number of primary amides is 1. The molecular weight excluding hydrogens is 351 g/mol. The number of nitrogens with one attached hydrogen (secondary N) is 2. The number of thiocarbonyl (C=S) groups is 1. The molecule has 0 saturated heterocycles. The molecule has 0 spiro atoms. The first kappa shape index (κ1) is 13.8. The van der Waals surface area contributed by atoms with E-state index >= 15 is 0 Å². The van der Waals surface area contributed by atoms with E-state index in [1.54, 1.807) is 6.92 Å². The molecule has 1 rings (SSSR count). The van der Waals surface area contributed by atoms with Crippen LogP contribution in [0.3, 0.4) is 0 Å². The smallest absolute Gasteiger partial charge is 0.332 e. The van der Waals surface area contributed by atoms with Gasteiger partial charge in [-0.25, -0.2) is 10.2 Å². The number of nitrogens with two attached hydrogens (primary N) is 1. The van der Waals surface area contributed by atoms with E-state index in [-0.39, 0.29) is 0 Å². The molecule has 7 heteroatoms. The van der Waals surface area contributed by atoms with Gasteiger partial charge < -0.3 is 11.1 Å². The monoisotopic (exact) mass is 362 g/mol. The van der Waals surface area contributed by atoms with Crippen molar-refractivity contribution in [1.82, 2.24) is 5.43 Å². The molecule has 0 aliphatic heterocycles. The first-order valence-electron chi connectivity index (χ1n) is 4.65. The van der Waals surface area contributed by atoms with E-state index in [4.69, 9.17) is 18.0 Å². The fourth-order valence-electron chi connectivity index (χ4n) is 0.944. The standard InChI is InChI=1S/C10H11IN4OS/c1-6(14-15-10(12)16)9(17)13-8-4-2-7(11)3-5-8/h2-5H,1H3,(H,13,17)(H3,12,15,16)/b14-6+. The van der Waals surface area contributed by atoms with Crippen molar-refractivity contribution in [3.8, 4) is 0 Å². The number of urea groups is 1. The summed E-state index contributed by atoms with van der Waals surface area (Å²) in [5, 5.41) is 6.72. The fourth-order valence-corrected chi connectivity index (χ4v) is 1.47. The molecule has 5 nitrogen and oxygen atoms in total. The van der Waals surface area contributed by atoms with Crippen LogP contribution in [0.25, 0.3) is 0 Å². The molecule has 0 radical (unpaired) electrons. The highest BCUT2D eigenvalue weighted by Gasteiger charge is 2.02. The Balaban J connectivity index is 2.63. The molecule has 4 N–H and O–H groups in total. The number of rotatable bonds is 3. The SMILES string of the molecule is C/C(=N\NC(N)=O)C(=S)Nc1ccc(I)cc1. The summed E-state index contributed by atoms with van der Waals surface area (Å²) in [5.74, 6) is 0. The lowest BCUT2D eigenvalue weighted by molar-refractivity contribution is 0.249. The Morgan fingerprint density at radius 1 is 1.41 bits per heavy atom. The largest absolute Gasteiger partial charge is 0.350 e. The summed E-state index contributed by atoms with van der Waals surface area (Å²) >= 11 is 7.33. The summed E-state index contributed by atoms with van der Waals surface area (Å²) in [6.07, 6.45) is 0. The second kappa shape index (κ2) is 6.50. The van der Waals surface area contributed by atoms with Crippen LogP contribution < -0.4 is 16.5 Å². The molecule has 0 heterocycles. The number of benzene rings is 1. The first-order valence-corrected chi connectivity index (χ1v) is 6.14. The summed E-state index contributed by atoms with van der Waals surface area (Å²) in [4.78, 5) is 10.9. The Bertz CT molecular complexity index is 458. The Morgan fingerprint density at radius 2 is 2.00 bits per heavy atom. The average Bonchev–Trinajstić information content (AvgIpc) is 2.28. The zero-order valence-electron chi connectivity index (χ0n) is 9.03. The van der Waals surface area contributed by atoms with Crippen molar-refractivity contribution in [2.45, 2.75) is 6.92 Å². The Kier molecular flexibility index (Phi) is 5.29. The second-order valence-corrected chi connectivity index (χ2v) is 4.79. The number of hydrazone groups is 1. The Morgan fingerprint density at radius 3 is 2.53 bits per heavy atom. The van der Waals surface area contributed by atoms with Crippen molar-refractivity contribution >= 4 is 57.2 Å². The van der Waals surface area contributed by atoms with Gasteiger partial charge in [0.2, 0.25) is 0 Å². The van der Waals surface area contributed by atoms with Gasteiger partial charge in [0, 0.05) is 9.26 Å². The Labute approximate surface area is 118 Å². The maximum atomic E-state index is 10.5. The zero-order valence-corrected chi connectivity index (χ0v) is 12.0. The van der Waals surface area contributed by atoms with Crippen molar-refractivity contribution in [1.29, 1.82) is 0 Å². The van der Waals surface area contributed by atoms with Crippen molar-refractivity contribution in [3.05, 3.63) is 27.8 Å². The highest BCUT2D eigenvalue weighted by Crippen LogP contribution is 2.11. The van der Waals surface area contributed by atoms with Gasteiger partial charge in [-0.2, -0.15) is 5.10 Å². The number of nitrogens with zero attached hydrogens (tertiary/aromatic N) is 1. The minimum absolute atomic E-state index is 0.431. The summed E-state index contributed by atoms with van der Waals surface area (Å²) in [5.41, 5.74) is 8.36. The number of carbonyl (C=O) groups excluding carboxylic acids is 1. The van der Waals surface area contributed by atoms with Gasteiger partial charge in [0.15, 0.2) is 0 Å². The van der Waals surface area contributed by atoms with E-state index in [1.807, 2.05) is 24.3 Å². The van der Waals surface area contributed by atoms with Gasteiger partial charge in [0.05, 0.1) is 5.71 Å². The number of amides is 2. The molecule has 0 atom stereocenters. The van der Waals surface area contributed by atoms with Crippen molar-refractivity contribution < 1.29 is 4.79 Å². The molecule has 0 unspecified atom stereocenters. The number of carbonyl (C=O) groups is 1. The van der Waals surface area contributed by atoms with Crippen LogP contribution >= 0.6 is 34.8 Å². The summed E-state index contributed by atoms with van der Waals surface area (Å²) in [7, 11) is 0. The van der Waals surface area contributed by atoms with Crippen LogP contribution in [0.5, 0.6) is 0 Å². The number of hydrogen-bond acceptors (Lipinski definition) is 3. The second-order valence-electron chi connectivity index (χ2n) is 3.13. The topological polar surface area (TPSA) is 79.5 Å². The van der Waals surface area contributed by atoms with Crippen LogP contribution in [-0.4, -0.2) is 16.7 Å². The van der Waals surface area contributed by atoms with Gasteiger partial charge in [0.25, 0.3) is 0 Å². The molecule has 17 heavy (non-hydrogen) atoms. The third-order valence-corrected chi connectivity index (χ3v) is 2.88. The first-order chi connectivity index (χ1) is 7.99. The van der Waals surface area contributed by atoms with Gasteiger partial charge in [0.1, 0.15) is 4.99 Å². The quantitative estimate of drug-likeness (QED) is 0.333. The predicted molar refractivity (Wildman–Crippen MR) is 81.2 cm³/mol. The van der Waals surface area contributed by atoms with Crippen LogP contribution in [0, 0.1) is 3.57 Å². The van der Waals surface area contributed by atoms with E-state index in [0.29, 0.717) is 10.7 Å². The van der Waals surface area contributed by atoms with Crippen molar-refractivity contribution in [3.63, 3.8) is 0 Å². The molecule has 0 saturated carbocycles. The molecule has 1 aromatic carbocycles. The van der Waals surface area contributed by atoms with Gasteiger partial charge in [-0.15, -0.1) is 0 Å². The van der Waals surface area contributed by atoms with Crippen LogP contribution in [-0.2, 0) is 0 Å². The minimum atomic E-state index is -0.721. The number of anilines is 1. The Hall–Kier alpha value is -1.22. The lowest BCUT2D eigenvalue weighted by atomic mass is 10.3. The summed E-state index contributed by atoms with van der Waals surface area (Å²) in [6.45, 7) is 1.68. The van der Waals surface area contributed by atoms with E-state index in [9.17, 15) is 4.79 Å². The van der Waals surface area contributed by atoms with E-state index < -0.39 is 6.03 Å². The van der Waals surface area contributed by atoms with Gasteiger partial charge in [-0.1, -0.05) is 12.2 Å². The molecular formula is C10H11IN4OS.